The molecule has 4 nitrogen and oxygen atoms in total. The minimum absolute atomic E-state index is 0. The van der Waals surface area contributed by atoms with Crippen LogP contribution in [0, 0.1) is 17.8 Å². The first kappa shape index (κ1) is 38.1. The Kier molecular flexibility index (Phi) is 15.3. The normalized spacial score (nSPS) is 12.4. The van der Waals surface area contributed by atoms with Crippen LogP contribution in [-0.4, -0.2) is 44.2 Å². The summed E-state index contributed by atoms with van der Waals surface area (Å²) in [6, 6.07) is 4.66. The topological polar surface area (TPSA) is 44.8 Å². The van der Waals surface area contributed by atoms with Gasteiger partial charge in [0.1, 0.15) is 17.2 Å². The summed E-state index contributed by atoms with van der Waals surface area (Å²) < 4.78 is 101. The number of carbonyl (C=O) groups excluding carboxylic acids is 1. The third-order valence-electron chi connectivity index (χ3n) is 6.05. The first-order valence-corrected chi connectivity index (χ1v) is 14.7. The molecule has 0 aliphatic carbocycles. The Morgan fingerprint density at radius 3 is 1.45 bits per heavy atom. The Hall–Kier alpha value is -1.88. The van der Waals surface area contributed by atoms with Gasteiger partial charge in [0, 0.05) is 17.7 Å². The Morgan fingerprint density at radius 1 is 0.714 bits per heavy atom. The van der Waals surface area contributed by atoms with Crippen molar-refractivity contribution in [3.63, 3.8) is 0 Å². The van der Waals surface area contributed by atoms with E-state index in [1.54, 1.807) is 0 Å². The Bertz CT molecular complexity index is 1080. The van der Waals surface area contributed by atoms with Gasteiger partial charge in [-0.1, -0.05) is 47.6 Å². The zero-order chi connectivity index (χ0) is 31.0. The third kappa shape index (κ3) is 12.0. The number of hydrogen-bond acceptors (Lipinski definition) is 4. The number of halogens is 6. The van der Waals surface area contributed by atoms with Gasteiger partial charge < -0.3 is 14.2 Å². The molecule has 0 aromatic heterocycles. The maximum atomic E-state index is 13.8. The molecule has 0 bridgehead atoms. The summed E-state index contributed by atoms with van der Waals surface area (Å²) in [6.45, 7) is 12.8. The number of alkyl halides is 6. The number of benzene rings is 2. The van der Waals surface area contributed by atoms with Crippen LogP contribution in [0.5, 0.6) is 17.2 Å². The van der Waals surface area contributed by atoms with Crippen LogP contribution in [-0.2, 0) is 12.4 Å². The third-order valence-corrected chi connectivity index (χ3v) is 7.27. The average Bonchev–Trinajstić information content (AvgIpc) is 2.83. The standard InChI is InChI=1S/C30H39F6O4P.Li.H/c1-18(2)10-13-38-21-16-24(39-14-11-19(3)4)27(25(17-21)40-15-12-20(5)6)41-28(37)26-22(29(31,32)33)8-7-9-23(26)30(34,35)36;;/h7-9,16-20,41H,10-15H2,1-6H3;;. The fourth-order valence-electron chi connectivity index (χ4n) is 3.67. The quantitative estimate of drug-likeness (QED) is 0.114. The molecule has 1 unspecified atom stereocenters. The predicted octanol–water partition coefficient (Wildman–Crippen LogP) is 8.49. The molecule has 0 spiro atoms. The maximum absolute atomic E-state index is 13.8. The van der Waals surface area contributed by atoms with E-state index in [1.165, 1.54) is 12.1 Å². The van der Waals surface area contributed by atoms with E-state index < -0.39 is 43.1 Å². The van der Waals surface area contributed by atoms with Crippen molar-refractivity contribution in [2.24, 2.45) is 17.8 Å². The molecule has 0 fully saturated rings. The van der Waals surface area contributed by atoms with Crippen LogP contribution in [0.2, 0.25) is 0 Å². The van der Waals surface area contributed by atoms with Gasteiger partial charge in [0.2, 0.25) is 0 Å². The molecule has 0 amide bonds. The van der Waals surface area contributed by atoms with E-state index in [0.29, 0.717) is 49.3 Å². The molecule has 232 valence electrons. The number of carbonyl (C=O) groups is 1. The summed E-state index contributed by atoms with van der Waals surface area (Å²) >= 11 is 0. The summed E-state index contributed by atoms with van der Waals surface area (Å²) in [5, 5.41) is 0.101. The van der Waals surface area contributed by atoms with Crippen LogP contribution >= 0.6 is 8.58 Å². The molecule has 2 aromatic rings. The van der Waals surface area contributed by atoms with Crippen LogP contribution in [0.1, 0.15) is 82.3 Å². The van der Waals surface area contributed by atoms with Gasteiger partial charge in [0.05, 0.1) is 36.3 Å². The fourth-order valence-corrected chi connectivity index (χ4v) is 4.82. The van der Waals surface area contributed by atoms with Crippen molar-refractivity contribution in [1.29, 1.82) is 0 Å². The second-order valence-electron chi connectivity index (χ2n) is 11.1. The summed E-state index contributed by atoms with van der Waals surface area (Å²) in [4.78, 5) is 13.4. The van der Waals surface area contributed by atoms with Crippen molar-refractivity contribution in [3.8, 4) is 17.2 Å². The molecule has 0 aliphatic rings. The second-order valence-corrected chi connectivity index (χ2v) is 12.3. The molecule has 1 atom stereocenters. The van der Waals surface area contributed by atoms with Crippen molar-refractivity contribution in [2.75, 3.05) is 19.8 Å². The van der Waals surface area contributed by atoms with E-state index in [9.17, 15) is 31.1 Å². The van der Waals surface area contributed by atoms with Crippen molar-refractivity contribution >= 4 is 38.3 Å². The Labute approximate surface area is 258 Å². The molecule has 0 N–H and O–H groups in total. The molecule has 2 aromatic carbocycles. The van der Waals surface area contributed by atoms with Crippen LogP contribution in [0.3, 0.4) is 0 Å². The zero-order valence-electron chi connectivity index (χ0n) is 24.3. The number of hydrogen-bond donors (Lipinski definition) is 0. The van der Waals surface area contributed by atoms with Gasteiger partial charge >= 0.3 is 31.2 Å². The Morgan fingerprint density at radius 2 is 1.10 bits per heavy atom. The average molecular weight is 617 g/mol. The van der Waals surface area contributed by atoms with E-state index in [4.69, 9.17) is 14.2 Å². The molecular formula is C30H40F6LiO4P. The van der Waals surface area contributed by atoms with Crippen molar-refractivity contribution in [1.82, 2.24) is 0 Å². The number of ether oxygens (including phenoxy) is 3. The molecule has 2 rings (SSSR count). The van der Waals surface area contributed by atoms with Crippen LogP contribution < -0.4 is 19.5 Å². The molecule has 12 heteroatoms. The van der Waals surface area contributed by atoms with E-state index >= 15 is 0 Å². The van der Waals surface area contributed by atoms with Gasteiger partial charge in [-0.3, -0.25) is 4.79 Å². The van der Waals surface area contributed by atoms with Crippen molar-refractivity contribution in [3.05, 3.63) is 47.0 Å². The molecule has 0 radical (unpaired) electrons. The fraction of sp³-hybridized carbons (Fsp3) is 0.567. The van der Waals surface area contributed by atoms with Crippen LogP contribution in [0.4, 0.5) is 26.3 Å². The minimum atomic E-state index is -5.17. The van der Waals surface area contributed by atoms with Crippen LogP contribution in [0.25, 0.3) is 0 Å². The predicted molar refractivity (Wildman–Crippen MR) is 157 cm³/mol. The van der Waals surface area contributed by atoms with Gasteiger partial charge in [-0.2, -0.15) is 26.3 Å². The Balaban J connectivity index is 0.00000882. The summed E-state index contributed by atoms with van der Waals surface area (Å²) in [5.41, 5.74) is -6.00. The van der Waals surface area contributed by atoms with Crippen molar-refractivity contribution < 1.29 is 45.3 Å². The molecule has 0 saturated carbocycles. The van der Waals surface area contributed by atoms with E-state index in [-0.39, 0.29) is 60.7 Å². The van der Waals surface area contributed by atoms with E-state index in [0.717, 1.165) is 6.42 Å². The van der Waals surface area contributed by atoms with Crippen LogP contribution in [0.15, 0.2) is 30.3 Å². The van der Waals surface area contributed by atoms with Crippen molar-refractivity contribution in [2.45, 2.75) is 73.2 Å². The molecule has 0 aliphatic heterocycles. The first-order valence-electron chi connectivity index (χ1n) is 13.7. The molecule has 0 heterocycles. The summed E-state index contributed by atoms with van der Waals surface area (Å²) in [5.74, 6) is 1.55. The zero-order valence-corrected chi connectivity index (χ0v) is 25.3. The van der Waals surface area contributed by atoms with Gasteiger partial charge in [0.25, 0.3) is 0 Å². The molecule has 42 heavy (non-hydrogen) atoms. The van der Waals surface area contributed by atoms with Gasteiger partial charge in [0.15, 0.2) is 5.52 Å². The van der Waals surface area contributed by atoms with Gasteiger partial charge in [-0.25, -0.2) is 0 Å². The monoisotopic (exact) mass is 616 g/mol. The van der Waals surface area contributed by atoms with Gasteiger partial charge in [-0.15, -0.1) is 0 Å². The number of rotatable bonds is 15. The second kappa shape index (κ2) is 16.8. The summed E-state index contributed by atoms with van der Waals surface area (Å²) in [6.07, 6.45) is -8.32. The van der Waals surface area contributed by atoms with E-state index in [2.05, 4.69) is 0 Å². The first-order chi connectivity index (χ1) is 19.0. The molecular weight excluding hydrogens is 576 g/mol. The molecule has 0 saturated heterocycles. The van der Waals surface area contributed by atoms with Gasteiger partial charge in [-0.05, 0) is 57.7 Å². The summed E-state index contributed by atoms with van der Waals surface area (Å²) in [7, 11) is -1.13. The van der Waals surface area contributed by atoms with E-state index in [1.807, 2.05) is 41.5 Å². The SMILES string of the molecule is CC(C)CCOc1cc(OCCC(C)C)c(PC(=O)c2c(C(F)(F)F)cccc2C(F)(F)F)c(OCCC(C)C)c1.[LiH].